The first-order valence-electron chi connectivity index (χ1n) is 9.61. The lowest BCUT2D eigenvalue weighted by atomic mass is 9.96. The largest absolute Gasteiger partial charge is 0.383 e. The van der Waals surface area contributed by atoms with E-state index in [0.717, 1.165) is 37.0 Å². The molecule has 0 spiro atoms. The molecule has 1 saturated carbocycles. The van der Waals surface area contributed by atoms with Crippen molar-refractivity contribution in [2.45, 2.75) is 50.3 Å². The van der Waals surface area contributed by atoms with Crippen LogP contribution in [0.5, 0.6) is 0 Å². The summed E-state index contributed by atoms with van der Waals surface area (Å²) in [5.74, 6) is 1.42. The first-order valence-corrected chi connectivity index (χ1v) is 9.61. The van der Waals surface area contributed by atoms with Crippen molar-refractivity contribution in [2.24, 2.45) is 10.9 Å². The number of fused-ring (bicyclic) bond motifs is 1. The molecule has 2 fully saturated rings. The second-order valence-electron chi connectivity index (χ2n) is 8.03. The Kier molecular flexibility index (Phi) is 4.46. The number of aryl methyl sites for hydroxylation is 1. The third-order valence-electron chi connectivity index (χ3n) is 6.12. The molecule has 0 bridgehead atoms. The zero-order valence-electron chi connectivity index (χ0n) is 15.3. The average molecular weight is 342 g/mol. The Balaban J connectivity index is 1.35. The van der Waals surface area contributed by atoms with Crippen molar-refractivity contribution in [3.05, 3.63) is 35.4 Å². The third-order valence-corrected chi connectivity index (χ3v) is 6.12. The van der Waals surface area contributed by atoms with Crippen LogP contribution >= 0.6 is 0 Å². The van der Waals surface area contributed by atoms with Crippen LogP contribution in [-0.2, 0) is 12.0 Å². The number of likely N-dealkylation sites (tertiary alicyclic amines) is 1. The maximum Gasteiger partial charge on any atom is 0.191 e. The minimum absolute atomic E-state index is 0.428. The number of hydrogen-bond donors (Lipinski definition) is 3. The van der Waals surface area contributed by atoms with Crippen LogP contribution in [-0.4, -0.2) is 54.7 Å². The molecule has 1 heterocycles. The molecular formula is C20H30N4O. The van der Waals surface area contributed by atoms with E-state index in [4.69, 9.17) is 0 Å². The highest BCUT2D eigenvalue weighted by Gasteiger charge is 2.39. The summed E-state index contributed by atoms with van der Waals surface area (Å²) < 4.78 is 0. The lowest BCUT2D eigenvalue weighted by molar-refractivity contribution is 0.0431. The fourth-order valence-electron chi connectivity index (χ4n) is 4.38. The van der Waals surface area contributed by atoms with E-state index in [0.29, 0.717) is 18.5 Å². The van der Waals surface area contributed by atoms with Gasteiger partial charge in [-0.05, 0) is 42.7 Å². The van der Waals surface area contributed by atoms with E-state index in [2.05, 4.69) is 33.5 Å². The van der Waals surface area contributed by atoms with Gasteiger partial charge in [-0.2, -0.15) is 0 Å². The van der Waals surface area contributed by atoms with Crippen LogP contribution in [0.1, 0.15) is 37.3 Å². The molecule has 0 radical (unpaired) electrons. The van der Waals surface area contributed by atoms with Crippen LogP contribution in [0.15, 0.2) is 29.3 Å². The third kappa shape index (κ3) is 3.40. The summed E-state index contributed by atoms with van der Waals surface area (Å²) in [4.78, 5) is 6.99. The maximum atomic E-state index is 11.1. The van der Waals surface area contributed by atoms with Crippen molar-refractivity contribution in [3.63, 3.8) is 0 Å². The molecule has 3 unspecified atom stereocenters. The van der Waals surface area contributed by atoms with Crippen molar-refractivity contribution in [1.29, 1.82) is 0 Å². The number of hydrogen-bond acceptors (Lipinski definition) is 3. The van der Waals surface area contributed by atoms with E-state index < -0.39 is 5.60 Å². The zero-order valence-corrected chi connectivity index (χ0v) is 15.3. The first-order chi connectivity index (χ1) is 12.1. The zero-order chi connectivity index (χ0) is 17.4. The second-order valence-corrected chi connectivity index (χ2v) is 8.03. The molecule has 1 aromatic carbocycles. The Labute approximate surface area is 150 Å². The van der Waals surface area contributed by atoms with Gasteiger partial charge in [0.1, 0.15) is 5.60 Å². The topological polar surface area (TPSA) is 59.9 Å². The molecule has 136 valence electrons. The Bertz CT molecular complexity index is 657. The van der Waals surface area contributed by atoms with Gasteiger partial charge in [0.15, 0.2) is 5.96 Å². The minimum atomic E-state index is -0.796. The SMILES string of the molecule is CN=C(NCC1(O)CCc2ccccc21)NC1CN(C2CC2)CC1C. The van der Waals surface area contributed by atoms with E-state index in [1.165, 1.54) is 24.9 Å². The van der Waals surface area contributed by atoms with E-state index in [1.54, 1.807) is 7.05 Å². The number of nitrogens with zero attached hydrogens (tertiary/aromatic N) is 2. The quantitative estimate of drug-likeness (QED) is 0.573. The summed E-state index contributed by atoms with van der Waals surface area (Å²) in [7, 11) is 1.81. The first kappa shape index (κ1) is 16.9. The van der Waals surface area contributed by atoms with Crippen LogP contribution in [0.4, 0.5) is 0 Å². The molecule has 1 saturated heterocycles. The van der Waals surface area contributed by atoms with Crippen molar-refractivity contribution < 1.29 is 5.11 Å². The molecule has 3 aliphatic rings. The second kappa shape index (κ2) is 6.61. The number of aliphatic imine (C=N–C) groups is 1. The minimum Gasteiger partial charge on any atom is -0.383 e. The van der Waals surface area contributed by atoms with Gasteiger partial charge in [0.2, 0.25) is 0 Å². The van der Waals surface area contributed by atoms with Gasteiger partial charge in [0, 0.05) is 32.2 Å². The normalized spacial score (nSPS) is 32.7. The Morgan fingerprint density at radius 2 is 2.12 bits per heavy atom. The van der Waals surface area contributed by atoms with Crippen molar-refractivity contribution >= 4 is 5.96 Å². The highest BCUT2D eigenvalue weighted by molar-refractivity contribution is 5.80. The molecule has 1 aliphatic heterocycles. The molecule has 1 aromatic rings. The standard InChI is InChI=1S/C20H30N4O/c1-14-11-24(16-7-8-16)12-18(14)23-19(21-2)22-13-20(25)10-9-15-5-3-4-6-17(15)20/h3-6,14,16,18,25H,7-13H2,1-2H3,(H2,21,22,23). The summed E-state index contributed by atoms with van der Waals surface area (Å²) in [6.45, 7) is 5.08. The van der Waals surface area contributed by atoms with Crippen molar-refractivity contribution in [2.75, 3.05) is 26.7 Å². The molecule has 3 N–H and O–H groups in total. The van der Waals surface area contributed by atoms with Crippen LogP contribution in [0.25, 0.3) is 0 Å². The summed E-state index contributed by atoms with van der Waals surface area (Å²) in [5.41, 5.74) is 1.53. The van der Waals surface area contributed by atoms with Gasteiger partial charge in [-0.3, -0.25) is 9.89 Å². The monoisotopic (exact) mass is 342 g/mol. The molecule has 2 aliphatic carbocycles. The fourth-order valence-corrected chi connectivity index (χ4v) is 4.38. The average Bonchev–Trinajstić information content (AvgIpc) is 3.34. The number of guanidine groups is 1. The summed E-state index contributed by atoms with van der Waals surface area (Å²) in [6.07, 6.45) is 4.43. The van der Waals surface area contributed by atoms with Gasteiger partial charge in [0.05, 0.1) is 6.54 Å². The number of benzene rings is 1. The lowest BCUT2D eigenvalue weighted by Crippen LogP contribution is -2.50. The molecular weight excluding hydrogens is 312 g/mol. The smallest absolute Gasteiger partial charge is 0.191 e. The predicted molar refractivity (Wildman–Crippen MR) is 101 cm³/mol. The van der Waals surface area contributed by atoms with Gasteiger partial charge >= 0.3 is 0 Å². The van der Waals surface area contributed by atoms with Crippen molar-refractivity contribution in [3.8, 4) is 0 Å². The number of nitrogens with one attached hydrogen (secondary N) is 2. The molecule has 5 heteroatoms. The van der Waals surface area contributed by atoms with Gasteiger partial charge < -0.3 is 15.7 Å². The van der Waals surface area contributed by atoms with E-state index in [-0.39, 0.29) is 0 Å². The van der Waals surface area contributed by atoms with E-state index >= 15 is 0 Å². The summed E-state index contributed by atoms with van der Waals surface area (Å²) in [6, 6.07) is 9.47. The van der Waals surface area contributed by atoms with E-state index in [1.807, 2.05) is 18.2 Å². The molecule has 5 nitrogen and oxygen atoms in total. The van der Waals surface area contributed by atoms with Gasteiger partial charge in [0.25, 0.3) is 0 Å². The summed E-state index contributed by atoms with van der Waals surface area (Å²) in [5, 5.41) is 18.0. The molecule has 0 amide bonds. The molecule has 4 rings (SSSR count). The highest BCUT2D eigenvalue weighted by atomic mass is 16.3. The molecule has 0 aromatic heterocycles. The van der Waals surface area contributed by atoms with Gasteiger partial charge in [-0.15, -0.1) is 0 Å². The van der Waals surface area contributed by atoms with Gasteiger partial charge in [-0.1, -0.05) is 31.2 Å². The Morgan fingerprint density at radius 3 is 2.88 bits per heavy atom. The van der Waals surface area contributed by atoms with Crippen LogP contribution < -0.4 is 10.6 Å². The predicted octanol–water partition coefficient (Wildman–Crippen LogP) is 1.47. The number of aliphatic hydroxyl groups is 1. The summed E-state index contributed by atoms with van der Waals surface area (Å²) >= 11 is 0. The van der Waals surface area contributed by atoms with Crippen LogP contribution in [0.3, 0.4) is 0 Å². The van der Waals surface area contributed by atoms with Crippen molar-refractivity contribution in [1.82, 2.24) is 15.5 Å². The van der Waals surface area contributed by atoms with E-state index in [9.17, 15) is 5.11 Å². The van der Waals surface area contributed by atoms with Crippen LogP contribution in [0.2, 0.25) is 0 Å². The molecule has 3 atom stereocenters. The molecule has 25 heavy (non-hydrogen) atoms. The number of rotatable bonds is 4. The Hall–Kier alpha value is -1.59. The van der Waals surface area contributed by atoms with Crippen LogP contribution in [0, 0.1) is 5.92 Å². The fraction of sp³-hybridized carbons (Fsp3) is 0.650. The Morgan fingerprint density at radius 1 is 1.32 bits per heavy atom. The highest BCUT2D eigenvalue weighted by Crippen LogP contribution is 2.36. The van der Waals surface area contributed by atoms with Gasteiger partial charge in [-0.25, -0.2) is 0 Å². The maximum absolute atomic E-state index is 11.1. The lowest BCUT2D eigenvalue weighted by Gasteiger charge is -2.27.